The van der Waals surface area contributed by atoms with E-state index < -0.39 is 10.1 Å². The van der Waals surface area contributed by atoms with Crippen molar-refractivity contribution in [1.29, 1.82) is 0 Å². The summed E-state index contributed by atoms with van der Waals surface area (Å²) in [5, 5.41) is 1.62. The van der Waals surface area contributed by atoms with Crippen molar-refractivity contribution >= 4 is 20.9 Å². The molecule has 2 aromatic carbocycles. The third-order valence-corrected chi connectivity index (χ3v) is 4.63. The monoisotopic (exact) mass is 343 g/mol. The molecule has 0 unspecified atom stereocenters. The van der Waals surface area contributed by atoms with E-state index >= 15 is 0 Å². The van der Waals surface area contributed by atoms with Crippen LogP contribution in [0.25, 0.3) is 10.8 Å². The van der Waals surface area contributed by atoms with Crippen LogP contribution in [0.5, 0.6) is 0 Å². The maximum Gasteiger partial charge on any atom is 0.297 e. The molecule has 113 valence electrons. The minimum absolute atomic E-state index is 0. The Kier molecular flexibility index (Phi) is 7.46. The van der Waals surface area contributed by atoms with Crippen molar-refractivity contribution in [3.63, 3.8) is 0 Å². The van der Waals surface area contributed by atoms with Gasteiger partial charge in [-0.05, 0) is 17.9 Å². The Morgan fingerprint density at radius 3 is 2.43 bits per heavy atom. The predicted octanol–water partition coefficient (Wildman–Crippen LogP) is 4.12. The molecule has 0 aromatic heterocycles. The summed E-state index contributed by atoms with van der Waals surface area (Å²) in [6.07, 6.45) is 4.01. The van der Waals surface area contributed by atoms with Gasteiger partial charge in [-0.3, -0.25) is 4.18 Å². The van der Waals surface area contributed by atoms with Crippen LogP contribution in [0.3, 0.4) is 0 Å². The molecule has 0 aliphatic heterocycles. The van der Waals surface area contributed by atoms with Crippen LogP contribution < -0.4 is 0 Å². The zero-order valence-corrected chi connectivity index (χ0v) is 14.4. The van der Waals surface area contributed by atoms with Gasteiger partial charge in [0.1, 0.15) is 4.90 Å². The number of fused-ring (bicyclic) bond motifs is 1. The van der Waals surface area contributed by atoms with Gasteiger partial charge in [-0.1, -0.05) is 62.6 Å². The third kappa shape index (κ3) is 4.85. The van der Waals surface area contributed by atoms with Gasteiger partial charge in [0.15, 0.2) is 0 Å². The van der Waals surface area contributed by atoms with Gasteiger partial charge in [-0.15, -0.1) is 0 Å². The molecule has 21 heavy (non-hydrogen) atoms. The molecule has 0 bridgehead atoms. The first-order chi connectivity index (χ1) is 9.65. The molecule has 0 saturated heterocycles. The van der Waals surface area contributed by atoms with E-state index in [1.807, 2.05) is 30.3 Å². The Labute approximate surface area is 138 Å². The average molecular weight is 343 g/mol. The SMILES string of the molecule is CCCCCCOS(=O)(=O)c1cccc2ccccc12.[V]. The van der Waals surface area contributed by atoms with E-state index in [0.29, 0.717) is 5.39 Å². The van der Waals surface area contributed by atoms with E-state index in [1.54, 1.807) is 12.1 Å². The molecular weight excluding hydrogens is 323 g/mol. The number of benzene rings is 2. The van der Waals surface area contributed by atoms with E-state index in [4.69, 9.17) is 4.18 Å². The zero-order chi connectivity index (χ0) is 14.4. The fourth-order valence-electron chi connectivity index (χ4n) is 2.17. The molecule has 0 heterocycles. The minimum atomic E-state index is -3.67. The second-order valence-corrected chi connectivity index (χ2v) is 6.40. The third-order valence-electron chi connectivity index (χ3n) is 3.26. The summed E-state index contributed by atoms with van der Waals surface area (Å²) in [6, 6.07) is 12.7. The van der Waals surface area contributed by atoms with E-state index in [0.717, 1.165) is 31.1 Å². The number of rotatable bonds is 7. The van der Waals surface area contributed by atoms with Crippen molar-refractivity contribution in [2.24, 2.45) is 0 Å². The van der Waals surface area contributed by atoms with Crippen LogP contribution in [0.1, 0.15) is 32.6 Å². The molecule has 0 saturated carbocycles. The van der Waals surface area contributed by atoms with E-state index in [2.05, 4.69) is 6.92 Å². The first-order valence-electron chi connectivity index (χ1n) is 7.02. The number of unbranched alkanes of at least 4 members (excludes halogenated alkanes) is 3. The first-order valence-corrected chi connectivity index (χ1v) is 8.43. The van der Waals surface area contributed by atoms with Gasteiger partial charge in [0.05, 0.1) is 6.61 Å². The molecule has 3 nitrogen and oxygen atoms in total. The van der Waals surface area contributed by atoms with Crippen molar-refractivity contribution in [3.05, 3.63) is 42.5 Å². The van der Waals surface area contributed by atoms with Gasteiger partial charge in [0.2, 0.25) is 0 Å². The Balaban J connectivity index is 0.00000220. The Hall–Kier alpha value is -0.806. The van der Waals surface area contributed by atoms with Crippen LogP contribution in [-0.4, -0.2) is 15.0 Å². The first kappa shape index (κ1) is 18.2. The van der Waals surface area contributed by atoms with Crippen LogP contribution in [0, 0.1) is 0 Å². The van der Waals surface area contributed by atoms with Gasteiger partial charge in [-0.25, -0.2) is 0 Å². The van der Waals surface area contributed by atoms with E-state index in [1.165, 1.54) is 0 Å². The normalized spacial score (nSPS) is 11.3. The predicted molar refractivity (Wildman–Crippen MR) is 81.2 cm³/mol. The van der Waals surface area contributed by atoms with Crippen LogP contribution >= 0.6 is 0 Å². The summed E-state index contributed by atoms with van der Waals surface area (Å²) in [5.41, 5.74) is 0. The maximum atomic E-state index is 12.3. The fourth-order valence-corrected chi connectivity index (χ4v) is 3.34. The van der Waals surface area contributed by atoms with Crippen LogP contribution in [0.2, 0.25) is 0 Å². The molecule has 5 heteroatoms. The molecule has 0 aliphatic carbocycles. The van der Waals surface area contributed by atoms with Crippen molar-refractivity contribution in [2.45, 2.75) is 37.5 Å². The van der Waals surface area contributed by atoms with Crippen molar-refractivity contribution in [1.82, 2.24) is 0 Å². The molecule has 2 aromatic rings. The summed E-state index contributed by atoms with van der Waals surface area (Å²) in [6.45, 7) is 2.37. The molecule has 0 atom stereocenters. The summed E-state index contributed by atoms with van der Waals surface area (Å²) < 4.78 is 29.7. The molecule has 0 aliphatic rings. The molecule has 0 fully saturated rings. The van der Waals surface area contributed by atoms with Crippen LogP contribution in [-0.2, 0) is 32.9 Å². The number of hydrogen-bond donors (Lipinski definition) is 0. The molecule has 2 rings (SSSR count). The average Bonchev–Trinajstić information content (AvgIpc) is 2.46. The molecule has 0 spiro atoms. The van der Waals surface area contributed by atoms with Crippen molar-refractivity contribution < 1.29 is 31.2 Å². The van der Waals surface area contributed by atoms with Gasteiger partial charge in [0.25, 0.3) is 10.1 Å². The quantitative estimate of drug-likeness (QED) is 0.561. The molecule has 1 radical (unpaired) electrons. The van der Waals surface area contributed by atoms with Gasteiger partial charge < -0.3 is 0 Å². The van der Waals surface area contributed by atoms with Crippen LogP contribution in [0.15, 0.2) is 47.4 Å². The van der Waals surface area contributed by atoms with Crippen LogP contribution in [0.4, 0.5) is 0 Å². The van der Waals surface area contributed by atoms with E-state index in [9.17, 15) is 8.42 Å². The zero-order valence-electron chi connectivity index (χ0n) is 12.2. The standard InChI is InChI=1S/C16H20O3S.V/c1-2-3-4-7-13-19-20(17,18)16-12-8-10-14-9-5-6-11-15(14)16;/h5-6,8-12H,2-4,7,13H2,1H3;. The summed E-state index contributed by atoms with van der Waals surface area (Å²) >= 11 is 0. The van der Waals surface area contributed by atoms with Crippen molar-refractivity contribution in [3.8, 4) is 0 Å². The summed E-state index contributed by atoms with van der Waals surface area (Å²) in [7, 11) is -3.67. The number of hydrogen-bond acceptors (Lipinski definition) is 3. The topological polar surface area (TPSA) is 43.4 Å². The summed E-state index contributed by atoms with van der Waals surface area (Å²) in [5.74, 6) is 0. The summed E-state index contributed by atoms with van der Waals surface area (Å²) in [4.78, 5) is 0.256. The molecule has 0 N–H and O–H groups in total. The van der Waals surface area contributed by atoms with Gasteiger partial charge in [-0.2, -0.15) is 8.42 Å². The molecule has 0 amide bonds. The maximum absolute atomic E-state index is 12.3. The Morgan fingerprint density at radius 1 is 0.952 bits per heavy atom. The van der Waals surface area contributed by atoms with Crippen molar-refractivity contribution in [2.75, 3.05) is 6.61 Å². The van der Waals surface area contributed by atoms with E-state index in [-0.39, 0.29) is 30.1 Å². The molecular formula is C16H20O3SV. The second kappa shape index (κ2) is 8.59. The largest absolute Gasteiger partial charge is 0.297 e. The van der Waals surface area contributed by atoms with Gasteiger partial charge in [0, 0.05) is 23.9 Å². The van der Waals surface area contributed by atoms with Gasteiger partial charge >= 0.3 is 0 Å². The smallest absolute Gasteiger partial charge is 0.266 e. The minimum Gasteiger partial charge on any atom is -0.266 e. The second-order valence-electron chi connectivity index (χ2n) is 4.81. The Bertz CT molecular complexity index is 663. The fraction of sp³-hybridized carbons (Fsp3) is 0.375. The Morgan fingerprint density at radius 2 is 1.67 bits per heavy atom.